The first-order valence-electron chi connectivity index (χ1n) is 28.6. The van der Waals surface area contributed by atoms with E-state index in [1.165, 1.54) is 22.7 Å². The third kappa shape index (κ3) is 14.0. The highest BCUT2D eigenvalue weighted by molar-refractivity contribution is 9.10. The van der Waals surface area contributed by atoms with E-state index >= 15 is 0 Å². The quantitative estimate of drug-likeness (QED) is 0.0498. The maximum absolute atomic E-state index is 13.5. The summed E-state index contributed by atoms with van der Waals surface area (Å²) >= 11 is 6.31. The summed E-state index contributed by atoms with van der Waals surface area (Å²) in [4.78, 5) is 74.6. The second kappa shape index (κ2) is 25.6. The van der Waals surface area contributed by atoms with Gasteiger partial charge < -0.3 is 28.8 Å². The highest BCUT2D eigenvalue weighted by atomic mass is 79.9. The number of esters is 1. The van der Waals surface area contributed by atoms with Gasteiger partial charge in [-0.25, -0.2) is 29.5 Å². The molecule has 0 bridgehead atoms. The van der Waals surface area contributed by atoms with Crippen LogP contribution in [0.2, 0.25) is 18.1 Å². The number of halogens is 1. The van der Waals surface area contributed by atoms with E-state index in [2.05, 4.69) is 91.3 Å². The number of pyridine rings is 2. The van der Waals surface area contributed by atoms with Crippen molar-refractivity contribution in [3.63, 3.8) is 0 Å². The van der Waals surface area contributed by atoms with Gasteiger partial charge in [-0.1, -0.05) is 104 Å². The standard InChI is InChI=1S/C39H44N4O5SSi.C27H25BrN4O3S/c1-25-27(13-10-16-32(25)47-22-11-23-48-50(5,6)39(2,3)4)28-18-19-34(41-35(28)37(45)46)43-21-20-26-12-9-14-29(30(26)24-43)36(44)42-38-40-31-15-7-8-17-33(31)49-38;1-27(2,3)35-25(34)23-19(28)11-12-22(30-23)32-14-13-16-7-6-8-17(18(16)15-32)24(33)31-26-29-20-9-4-5-10-21(20)36-26/h7-10,12-19H,11,20-24H2,1-6H3,(H,45,46)(H,40,42,44);4-12H,13-15H2,1-3H3,(H,29,31,33). The minimum Gasteiger partial charge on any atom is -0.493 e. The zero-order valence-electron chi connectivity index (χ0n) is 49.7. The maximum Gasteiger partial charge on any atom is 0.358 e. The molecule has 9 aromatic rings. The number of aromatic carboxylic acids is 1. The molecule has 20 heteroatoms. The normalized spacial score (nSPS) is 13.3. The van der Waals surface area contributed by atoms with Crippen molar-refractivity contribution < 1.29 is 38.2 Å². The largest absolute Gasteiger partial charge is 0.493 e. The molecule has 0 fully saturated rings. The first-order chi connectivity index (χ1) is 41.0. The third-order valence-corrected chi connectivity index (χ3v) is 22.7. The minimum absolute atomic E-state index is 0.0295. The van der Waals surface area contributed by atoms with Gasteiger partial charge in [-0.05, 0) is 175 Å². The smallest absolute Gasteiger partial charge is 0.358 e. The number of hydrogen-bond donors (Lipinski definition) is 3. The van der Waals surface area contributed by atoms with Crippen LogP contribution in [0.3, 0.4) is 0 Å². The Morgan fingerprint density at radius 3 is 1.67 bits per heavy atom. The lowest BCUT2D eigenvalue weighted by Crippen LogP contribution is -2.41. The number of anilines is 4. The molecule has 6 heterocycles. The van der Waals surface area contributed by atoms with Crippen LogP contribution in [0.15, 0.2) is 132 Å². The van der Waals surface area contributed by atoms with Crippen molar-refractivity contribution in [1.29, 1.82) is 0 Å². The number of fused-ring (bicyclic) bond motifs is 4. The molecule has 0 saturated carbocycles. The van der Waals surface area contributed by atoms with Gasteiger partial charge in [0, 0.05) is 55.9 Å². The van der Waals surface area contributed by atoms with E-state index in [4.69, 9.17) is 13.9 Å². The third-order valence-electron chi connectivity index (χ3n) is 15.6. The minimum atomic E-state index is -1.82. The second-order valence-corrected chi connectivity index (χ2v) is 31.4. The molecular weight excluding hydrogens is 1200 g/mol. The van der Waals surface area contributed by atoms with Crippen LogP contribution in [0.25, 0.3) is 31.6 Å². The van der Waals surface area contributed by atoms with E-state index in [1.54, 1.807) is 0 Å². The number of thiazole rings is 2. The van der Waals surface area contributed by atoms with Crippen molar-refractivity contribution in [2.24, 2.45) is 0 Å². The maximum atomic E-state index is 13.5. The number of benzene rings is 5. The van der Waals surface area contributed by atoms with Gasteiger partial charge in [-0.2, -0.15) is 0 Å². The van der Waals surface area contributed by atoms with E-state index in [0.29, 0.717) is 88.1 Å². The molecule has 0 atom stereocenters. The number of para-hydroxylation sites is 2. The number of amides is 2. The highest BCUT2D eigenvalue weighted by Crippen LogP contribution is 2.38. The van der Waals surface area contributed by atoms with Gasteiger partial charge in [0.2, 0.25) is 0 Å². The Morgan fingerprint density at radius 2 is 1.15 bits per heavy atom. The molecule has 86 heavy (non-hydrogen) atoms. The summed E-state index contributed by atoms with van der Waals surface area (Å²) in [6.07, 6.45) is 2.22. The summed E-state index contributed by atoms with van der Waals surface area (Å²) < 4.78 is 20.6. The predicted octanol–water partition coefficient (Wildman–Crippen LogP) is 15.2. The molecule has 444 valence electrons. The van der Waals surface area contributed by atoms with E-state index in [1.807, 2.05) is 154 Å². The second-order valence-electron chi connectivity index (χ2n) is 23.7. The number of carbonyl (C=O) groups is 4. The molecule has 3 N–H and O–H groups in total. The topological polar surface area (TPSA) is 198 Å². The number of nitrogens with zero attached hydrogens (tertiary/aromatic N) is 6. The van der Waals surface area contributed by atoms with Crippen molar-refractivity contribution in [2.75, 3.05) is 46.7 Å². The zero-order valence-corrected chi connectivity index (χ0v) is 53.9. The first kappa shape index (κ1) is 61.2. The molecule has 4 aromatic heterocycles. The predicted molar refractivity (Wildman–Crippen MR) is 349 cm³/mol. The van der Waals surface area contributed by atoms with Crippen LogP contribution in [0.4, 0.5) is 21.9 Å². The monoisotopic (exact) mass is 1270 g/mol. The van der Waals surface area contributed by atoms with E-state index in [-0.39, 0.29) is 28.2 Å². The van der Waals surface area contributed by atoms with Crippen molar-refractivity contribution in [3.8, 4) is 16.9 Å². The van der Waals surface area contributed by atoms with Crippen LogP contribution >= 0.6 is 38.6 Å². The number of carbonyl (C=O) groups excluding carboxylic acids is 3. The number of ether oxygens (including phenoxy) is 2. The molecule has 0 spiro atoms. The molecule has 0 radical (unpaired) electrons. The van der Waals surface area contributed by atoms with Crippen LogP contribution in [-0.4, -0.2) is 89.0 Å². The van der Waals surface area contributed by atoms with Crippen molar-refractivity contribution in [3.05, 3.63) is 182 Å². The molecule has 0 unspecified atom stereocenters. The van der Waals surface area contributed by atoms with Gasteiger partial charge >= 0.3 is 11.9 Å². The molecule has 0 saturated heterocycles. The van der Waals surface area contributed by atoms with Gasteiger partial charge in [-0.15, -0.1) is 0 Å². The Morgan fingerprint density at radius 1 is 0.628 bits per heavy atom. The molecule has 5 aromatic carbocycles. The molecule has 2 aliphatic heterocycles. The lowest BCUT2D eigenvalue weighted by Gasteiger charge is -2.36. The van der Waals surface area contributed by atoms with E-state index < -0.39 is 25.9 Å². The van der Waals surface area contributed by atoms with Crippen LogP contribution in [0.5, 0.6) is 5.75 Å². The average Bonchev–Trinajstić information content (AvgIpc) is 1.37. The fraction of sp³-hybridized carbons (Fsp3) is 0.303. The van der Waals surface area contributed by atoms with Crippen LogP contribution in [0.1, 0.15) is 117 Å². The van der Waals surface area contributed by atoms with Gasteiger partial charge in [-0.3, -0.25) is 20.2 Å². The van der Waals surface area contributed by atoms with Crippen LogP contribution in [-0.2, 0) is 35.1 Å². The number of nitrogens with one attached hydrogen (secondary N) is 2. The van der Waals surface area contributed by atoms with E-state index in [0.717, 1.165) is 73.2 Å². The molecule has 0 aliphatic carbocycles. The summed E-state index contributed by atoms with van der Waals surface area (Å²) in [5.41, 5.74) is 8.68. The molecular formula is C66H69BrN8O8S2Si. The number of carboxylic acid groups (broad SMARTS) is 1. The Kier molecular flexibility index (Phi) is 18.2. The van der Waals surface area contributed by atoms with Gasteiger partial charge in [0.25, 0.3) is 11.8 Å². The van der Waals surface area contributed by atoms with Gasteiger partial charge in [0.05, 0.1) is 31.5 Å². The fourth-order valence-electron chi connectivity index (χ4n) is 10.1. The molecule has 11 rings (SSSR count). The molecule has 2 amide bonds. The summed E-state index contributed by atoms with van der Waals surface area (Å²) in [6.45, 7) is 22.0. The highest BCUT2D eigenvalue weighted by Gasteiger charge is 2.37. The Balaban J connectivity index is 0.000000201. The van der Waals surface area contributed by atoms with Crippen molar-refractivity contribution >= 4 is 113 Å². The summed E-state index contributed by atoms with van der Waals surface area (Å²) in [5, 5.41) is 17.5. The Bertz CT molecular complexity index is 3980. The average molecular weight is 1270 g/mol. The summed E-state index contributed by atoms with van der Waals surface area (Å²) in [5.74, 6) is -0.0900. The fourth-order valence-corrected chi connectivity index (χ4v) is 13.3. The Hall–Kier alpha value is -7.88. The summed E-state index contributed by atoms with van der Waals surface area (Å²) in [7, 11) is -1.82. The number of carboxylic acids is 1. The molecule has 16 nitrogen and oxygen atoms in total. The summed E-state index contributed by atoms with van der Waals surface area (Å²) in [6, 6.07) is 40.2. The van der Waals surface area contributed by atoms with Gasteiger partial charge in [0.15, 0.2) is 30.0 Å². The lowest BCUT2D eigenvalue weighted by atomic mass is 9.94. The molecule has 2 aliphatic rings. The SMILES string of the molecule is CC(C)(C)OC(=O)c1nc(N2CCc3cccc(C(=O)Nc4nc5ccccc5s4)c3C2)ccc1Br.Cc1c(OCCCO[Si](C)(C)C(C)(C)C)cccc1-c1ccc(N2CCc3cccc(C(=O)Nc4nc5ccccc5s4)c3C2)nc1C(=O)O. The number of rotatable bonds is 15. The first-order valence-corrected chi connectivity index (χ1v) is 33.9. The van der Waals surface area contributed by atoms with Crippen LogP contribution < -0.4 is 25.2 Å². The lowest BCUT2D eigenvalue weighted by molar-refractivity contribution is 0.00612. The number of aromatic nitrogens is 4. The Labute approximate surface area is 518 Å². The number of hydrogen-bond acceptors (Lipinski definition) is 15. The van der Waals surface area contributed by atoms with E-state index in [9.17, 15) is 24.3 Å². The van der Waals surface area contributed by atoms with Crippen molar-refractivity contribution in [2.45, 2.75) is 105 Å². The van der Waals surface area contributed by atoms with Crippen molar-refractivity contribution in [1.82, 2.24) is 19.9 Å². The van der Waals surface area contributed by atoms with Gasteiger partial charge in [0.1, 0.15) is 23.0 Å². The van der Waals surface area contributed by atoms with Crippen LogP contribution in [0, 0.1) is 6.92 Å². The zero-order chi connectivity index (χ0) is 61.1.